The minimum atomic E-state index is -0.282. The summed E-state index contributed by atoms with van der Waals surface area (Å²) in [5.74, 6) is 1.53. The summed E-state index contributed by atoms with van der Waals surface area (Å²) in [7, 11) is 3.09. The van der Waals surface area contributed by atoms with Crippen molar-refractivity contribution in [3.8, 4) is 17.2 Å². The first-order valence-corrected chi connectivity index (χ1v) is 7.74. The van der Waals surface area contributed by atoms with E-state index in [4.69, 9.17) is 14.2 Å². The maximum absolute atomic E-state index is 12.1. The molecule has 6 heteroatoms. The monoisotopic (exact) mass is 379 g/mol. The number of para-hydroxylation sites is 1. The molecule has 0 aliphatic carbocycles. The van der Waals surface area contributed by atoms with Gasteiger partial charge in [-0.2, -0.15) is 0 Å². The summed E-state index contributed by atoms with van der Waals surface area (Å²) in [6, 6.07) is 11.0. The number of hydrogen-bond acceptors (Lipinski definition) is 4. The molecule has 5 nitrogen and oxygen atoms in total. The van der Waals surface area contributed by atoms with Crippen molar-refractivity contribution in [3.05, 3.63) is 46.4 Å². The fourth-order valence-electron chi connectivity index (χ4n) is 2.01. The Morgan fingerprint density at radius 1 is 1.09 bits per heavy atom. The van der Waals surface area contributed by atoms with Crippen molar-refractivity contribution in [2.75, 3.05) is 26.1 Å². The van der Waals surface area contributed by atoms with Gasteiger partial charge in [0.15, 0.2) is 6.61 Å². The highest BCUT2D eigenvalue weighted by Gasteiger charge is 2.13. The molecule has 1 N–H and O–H groups in total. The quantitative estimate of drug-likeness (QED) is 0.829. The van der Waals surface area contributed by atoms with Crippen LogP contribution in [0.1, 0.15) is 5.56 Å². The van der Waals surface area contributed by atoms with Crippen LogP contribution in [0.15, 0.2) is 40.9 Å². The molecule has 0 unspecified atom stereocenters. The summed E-state index contributed by atoms with van der Waals surface area (Å²) in [6.45, 7) is 1.84. The second kappa shape index (κ2) is 7.87. The van der Waals surface area contributed by atoms with E-state index in [0.29, 0.717) is 22.9 Å². The van der Waals surface area contributed by atoms with E-state index in [1.165, 1.54) is 7.11 Å². The van der Waals surface area contributed by atoms with Gasteiger partial charge >= 0.3 is 0 Å². The molecule has 23 heavy (non-hydrogen) atoms. The Labute approximate surface area is 143 Å². The van der Waals surface area contributed by atoms with Crippen molar-refractivity contribution in [2.24, 2.45) is 0 Å². The minimum absolute atomic E-state index is 0.0909. The average molecular weight is 380 g/mol. The Morgan fingerprint density at radius 2 is 1.78 bits per heavy atom. The summed E-state index contributed by atoms with van der Waals surface area (Å²) < 4.78 is 16.8. The van der Waals surface area contributed by atoms with Crippen LogP contribution >= 0.6 is 15.9 Å². The molecule has 0 spiro atoms. The molecule has 0 aliphatic rings. The number of methoxy groups -OCH3 is 2. The zero-order valence-corrected chi connectivity index (χ0v) is 14.8. The second-order valence-electron chi connectivity index (χ2n) is 4.79. The average Bonchev–Trinajstić information content (AvgIpc) is 2.55. The van der Waals surface area contributed by atoms with Gasteiger partial charge in [0, 0.05) is 12.1 Å². The summed E-state index contributed by atoms with van der Waals surface area (Å²) in [6.07, 6.45) is 0. The van der Waals surface area contributed by atoms with Gasteiger partial charge in [0.25, 0.3) is 5.91 Å². The minimum Gasteiger partial charge on any atom is -0.495 e. The molecule has 0 saturated carbocycles. The molecule has 2 aromatic carbocycles. The van der Waals surface area contributed by atoms with Crippen LogP contribution in [0.3, 0.4) is 0 Å². The van der Waals surface area contributed by atoms with Crippen LogP contribution in [-0.4, -0.2) is 26.7 Å². The lowest BCUT2D eigenvalue weighted by molar-refractivity contribution is -0.118. The predicted molar refractivity (Wildman–Crippen MR) is 92.5 cm³/mol. The first-order chi connectivity index (χ1) is 11.0. The van der Waals surface area contributed by atoms with E-state index in [1.807, 2.05) is 31.2 Å². The number of rotatable bonds is 6. The van der Waals surface area contributed by atoms with E-state index >= 15 is 0 Å². The number of hydrogen-bond donors (Lipinski definition) is 1. The highest BCUT2D eigenvalue weighted by Crippen LogP contribution is 2.36. The summed E-state index contributed by atoms with van der Waals surface area (Å²) >= 11 is 3.38. The lowest BCUT2D eigenvalue weighted by atomic mass is 10.2. The van der Waals surface area contributed by atoms with Crippen LogP contribution in [0.4, 0.5) is 5.69 Å². The van der Waals surface area contributed by atoms with E-state index in [2.05, 4.69) is 21.2 Å². The maximum Gasteiger partial charge on any atom is 0.262 e. The molecule has 2 rings (SSSR count). The van der Waals surface area contributed by atoms with E-state index in [0.717, 1.165) is 10.0 Å². The van der Waals surface area contributed by atoms with E-state index < -0.39 is 0 Å². The summed E-state index contributed by atoms with van der Waals surface area (Å²) in [5.41, 5.74) is 1.49. The lowest BCUT2D eigenvalue weighted by Crippen LogP contribution is -2.20. The molecular formula is C17H18BrNO4. The van der Waals surface area contributed by atoms with Crippen molar-refractivity contribution in [1.29, 1.82) is 0 Å². The van der Waals surface area contributed by atoms with Gasteiger partial charge in [-0.05, 0) is 34.5 Å². The Kier molecular flexibility index (Phi) is 5.87. The largest absolute Gasteiger partial charge is 0.495 e. The molecule has 0 aliphatic heterocycles. The normalized spacial score (nSPS) is 10.1. The Balaban J connectivity index is 2.06. The number of amides is 1. The van der Waals surface area contributed by atoms with E-state index in [-0.39, 0.29) is 12.5 Å². The predicted octanol–water partition coefficient (Wildman–Crippen LogP) is 3.79. The highest BCUT2D eigenvalue weighted by molar-refractivity contribution is 9.10. The molecule has 0 radical (unpaired) electrons. The zero-order chi connectivity index (χ0) is 16.8. The van der Waals surface area contributed by atoms with Crippen molar-refractivity contribution in [1.82, 2.24) is 0 Å². The number of carbonyl (C=O) groups is 1. The van der Waals surface area contributed by atoms with E-state index in [9.17, 15) is 4.79 Å². The second-order valence-corrected chi connectivity index (χ2v) is 5.64. The number of benzene rings is 2. The van der Waals surface area contributed by atoms with Gasteiger partial charge in [-0.25, -0.2) is 0 Å². The maximum atomic E-state index is 12.1. The van der Waals surface area contributed by atoms with Crippen LogP contribution in [0, 0.1) is 6.92 Å². The molecule has 0 aromatic heterocycles. The van der Waals surface area contributed by atoms with Crippen molar-refractivity contribution in [3.63, 3.8) is 0 Å². The molecule has 0 bridgehead atoms. The number of anilines is 1. The Morgan fingerprint density at radius 3 is 2.43 bits per heavy atom. The topological polar surface area (TPSA) is 56.8 Å². The fraction of sp³-hybridized carbons (Fsp3) is 0.235. The third kappa shape index (κ3) is 4.39. The Bertz CT molecular complexity index is 703. The van der Waals surface area contributed by atoms with Gasteiger partial charge in [0.1, 0.15) is 17.2 Å². The number of ether oxygens (including phenoxy) is 3. The highest BCUT2D eigenvalue weighted by atomic mass is 79.9. The molecular weight excluding hydrogens is 362 g/mol. The molecule has 0 atom stereocenters. The van der Waals surface area contributed by atoms with Crippen LogP contribution in [0.2, 0.25) is 0 Å². The lowest BCUT2D eigenvalue weighted by Gasteiger charge is -2.14. The van der Waals surface area contributed by atoms with Crippen LogP contribution in [0.25, 0.3) is 0 Å². The zero-order valence-electron chi connectivity index (χ0n) is 13.2. The van der Waals surface area contributed by atoms with Gasteiger partial charge in [-0.3, -0.25) is 4.79 Å². The third-order valence-electron chi connectivity index (χ3n) is 3.20. The van der Waals surface area contributed by atoms with Gasteiger partial charge in [-0.15, -0.1) is 0 Å². The van der Waals surface area contributed by atoms with Crippen molar-refractivity contribution >= 4 is 27.5 Å². The molecule has 0 heterocycles. The Hall–Kier alpha value is -2.21. The first-order valence-electron chi connectivity index (χ1n) is 6.95. The van der Waals surface area contributed by atoms with Crippen LogP contribution in [0.5, 0.6) is 17.2 Å². The van der Waals surface area contributed by atoms with Gasteiger partial charge in [0.2, 0.25) is 0 Å². The third-order valence-corrected chi connectivity index (χ3v) is 3.82. The molecule has 0 saturated heterocycles. The van der Waals surface area contributed by atoms with Crippen molar-refractivity contribution in [2.45, 2.75) is 6.92 Å². The molecule has 0 fully saturated rings. The first kappa shape index (κ1) is 17.1. The van der Waals surface area contributed by atoms with Gasteiger partial charge < -0.3 is 19.5 Å². The number of nitrogens with one attached hydrogen (secondary N) is 1. The van der Waals surface area contributed by atoms with Crippen LogP contribution in [-0.2, 0) is 4.79 Å². The molecule has 122 valence electrons. The van der Waals surface area contributed by atoms with Gasteiger partial charge in [0.05, 0.1) is 24.4 Å². The number of aryl methyl sites for hydroxylation is 1. The van der Waals surface area contributed by atoms with Crippen LogP contribution < -0.4 is 19.5 Å². The SMILES string of the molecule is COc1cc(NC(=O)COc2ccccc2C)c(OC)cc1Br. The standard InChI is InChI=1S/C17H18BrNO4/c1-11-6-4-5-7-14(11)23-10-17(20)19-13-9-15(21-2)12(18)8-16(13)22-3/h4-9H,10H2,1-3H3,(H,19,20). The van der Waals surface area contributed by atoms with Gasteiger partial charge in [-0.1, -0.05) is 18.2 Å². The number of halogens is 1. The summed E-state index contributed by atoms with van der Waals surface area (Å²) in [5, 5.41) is 2.76. The fourth-order valence-corrected chi connectivity index (χ4v) is 2.49. The van der Waals surface area contributed by atoms with E-state index in [1.54, 1.807) is 19.2 Å². The molecule has 2 aromatic rings. The summed E-state index contributed by atoms with van der Waals surface area (Å²) in [4.78, 5) is 12.1. The number of carbonyl (C=O) groups excluding carboxylic acids is 1. The smallest absolute Gasteiger partial charge is 0.262 e. The molecule has 1 amide bonds. The van der Waals surface area contributed by atoms with Crippen molar-refractivity contribution < 1.29 is 19.0 Å².